The Morgan fingerprint density at radius 2 is 1.74 bits per heavy atom. The first kappa shape index (κ1) is 14.1. The Hall–Kier alpha value is -1.32. The molecular formula is C16H18FNS. The molecule has 1 atom stereocenters. The van der Waals surface area contributed by atoms with Gasteiger partial charge in [0.2, 0.25) is 0 Å². The average Bonchev–Trinajstić information content (AvgIpc) is 2.34. The molecule has 19 heavy (non-hydrogen) atoms. The molecule has 100 valence electrons. The Morgan fingerprint density at radius 1 is 1.05 bits per heavy atom. The van der Waals surface area contributed by atoms with Gasteiger partial charge in [0.15, 0.2) is 0 Å². The molecule has 0 aliphatic heterocycles. The second kappa shape index (κ2) is 5.76. The van der Waals surface area contributed by atoms with Crippen molar-refractivity contribution in [3.05, 3.63) is 58.9 Å². The van der Waals surface area contributed by atoms with E-state index in [9.17, 15) is 4.39 Å². The summed E-state index contributed by atoms with van der Waals surface area (Å²) in [6, 6.07) is 11.0. The van der Waals surface area contributed by atoms with Gasteiger partial charge in [-0.05, 0) is 56.2 Å². The maximum atomic E-state index is 13.3. The first-order valence-electron chi connectivity index (χ1n) is 6.27. The van der Waals surface area contributed by atoms with Crippen molar-refractivity contribution in [3.8, 4) is 0 Å². The molecule has 0 heterocycles. The number of rotatable bonds is 3. The van der Waals surface area contributed by atoms with Gasteiger partial charge in [0, 0.05) is 15.8 Å². The second-order valence-electron chi connectivity index (χ2n) is 4.84. The third-order valence-corrected chi connectivity index (χ3v) is 4.28. The lowest BCUT2D eigenvalue weighted by atomic mass is 10.1. The second-order valence-corrected chi connectivity index (χ2v) is 5.93. The molecule has 1 nitrogen and oxygen atoms in total. The topological polar surface area (TPSA) is 26.0 Å². The quantitative estimate of drug-likeness (QED) is 0.885. The van der Waals surface area contributed by atoms with E-state index in [1.165, 1.54) is 28.2 Å². The molecule has 0 amide bonds. The predicted octanol–water partition coefficient (Wildman–Crippen LogP) is 4.61. The van der Waals surface area contributed by atoms with E-state index < -0.39 is 0 Å². The van der Waals surface area contributed by atoms with Crippen LogP contribution in [0.5, 0.6) is 0 Å². The molecule has 1 unspecified atom stereocenters. The summed E-state index contributed by atoms with van der Waals surface area (Å²) in [6.07, 6.45) is 0. The zero-order valence-electron chi connectivity index (χ0n) is 11.4. The molecular weight excluding hydrogens is 257 g/mol. The van der Waals surface area contributed by atoms with Crippen LogP contribution < -0.4 is 5.73 Å². The van der Waals surface area contributed by atoms with Crippen molar-refractivity contribution in [1.82, 2.24) is 0 Å². The maximum Gasteiger partial charge on any atom is 0.123 e. The van der Waals surface area contributed by atoms with Crippen LogP contribution in [-0.4, -0.2) is 0 Å². The normalized spacial score (nSPS) is 12.5. The summed E-state index contributed by atoms with van der Waals surface area (Å²) in [6.45, 7) is 6.04. The summed E-state index contributed by atoms with van der Waals surface area (Å²) < 4.78 is 13.3. The van der Waals surface area contributed by atoms with Gasteiger partial charge < -0.3 is 5.73 Å². The van der Waals surface area contributed by atoms with E-state index in [0.717, 1.165) is 10.5 Å². The molecule has 2 aromatic rings. The number of aryl methyl sites for hydroxylation is 2. The summed E-state index contributed by atoms with van der Waals surface area (Å²) in [5, 5.41) is 0. The van der Waals surface area contributed by atoms with E-state index in [4.69, 9.17) is 5.73 Å². The summed E-state index contributed by atoms with van der Waals surface area (Å²) in [5.74, 6) is -0.239. The highest BCUT2D eigenvalue weighted by Gasteiger charge is 2.11. The summed E-state index contributed by atoms with van der Waals surface area (Å²) in [5.41, 5.74) is 9.24. The average molecular weight is 275 g/mol. The minimum atomic E-state index is -0.239. The van der Waals surface area contributed by atoms with Crippen LogP contribution in [0.1, 0.15) is 29.7 Å². The maximum absolute atomic E-state index is 13.3. The SMILES string of the molecule is Cc1ccc(Sc2ccc(F)cc2C(C)N)c(C)c1. The van der Waals surface area contributed by atoms with Crippen molar-refractivity contribution in [3.63, 3.8) is 0 Å². The molecule has 0 fully saturated rings. The van der Waals surface area contributed by atoms with Crippen molar-refractivity contribution in [1.29, 1.82) is 0 Å². The number of halogens is 1. The third-order valence-electron chi connectivity index (χ3n) is 3.01. The van der Waals surface area contributed by atoms with Gasteiger partial charge in [0.25, 0.3) is 0 Å². The Balaban J connectivity index is 2.38. The highest BCUT2D eigenvalue weighted by molar-refractivity contribution is 7.99. The molecule has 0 bridgehead atoms. The Kier molecular flexibility index (Phi) is 4.27. The van der Waals surface area contributed by atoms with Crippen LogP contribution >= 0.6 is 11.8 Å². The molecule has 0 radical (unpaired) electrons. The van der Waals surface area contributed by atoms with E-state index in [2.05, 4.69) is 32.0 Å². The zero-order chi connectivity index (χ0) is 14.0. The van der Waals surface area contributed by atoms with Gasteiger partial charge >= 0.3 is 0 Å². The molecule has 0 aromatic heterocycles. The van der Waals surface area contributed by atoms with Crippen molar-refractivity contribution < 1.29 is 4.39 Å². The molecule has 0 aliphatic carbocycles. The largest absolute Gasteiger partial charge is 0.324 e. The highest BCUT2D eigenvalue weighted by atomic mass is 32.2. The molecule has 2 aromatic carbocycles. The summed E-state index contributed by atoms with van der Waals surface area (Å²) >= 11 is 1.64. The molecule has 0 spiro atoms. The van der Waals surface area contributed by atoms with Crippen LogP contribution in [-0.2, 0) is 0 Å². The predicted molar refractivity (Wildman–Crippen MR) is 79.0 cm³/mol. The van der Waals surface area contributed by atoms with Gasteiger partial charge in [0.1, 0.15) is 5.82 Å². The number of nitrogens with two attached hydrogens (primary N) is 1. The van der Waals surface area contributed by atoms with Crippen LogP contribution in [0.3, 0.4) is 0 Å². The fourth-order valence-corrected chi connectivity index (χ4v) is 3.09. The number of hydrogen-bond donors (Lipinski definition) is 1. The van der Waals surface area contributed by atoms with E-state index in [1.54, 1.807) is 17.8 Å². The number of benzene rings is 2. The lowest BCUT2D eigenvalue weighted by Crippen LogP contribution is -2.06. The fourth-order valence-electron chi connectivity index (χ4n) is 2.00. The molecule has 2 N–H and O–H groups in total. The third kappa shape index (κ3) is 3.37. The van der Waals surface area contributed by atoms with Crippen molar-refractivity contribution in [2.24, 2.45) is 5.73 Å². The molecule has 2 rings (SSSR count). The standard InChI is InChI=1S/C16H18FNS/c1-10-4-6-15(11(2)8-10)19-16-7-5-13(17)9-14(16)12(3)18/h4-9,12H,18H2,1-3H3. The lowest BCUT2D eigenvalue weighted by Gasteiger charge is -2.14. The van der Waals surface area contributed by atoms with Gasteiger partial charge in [-0.1, -0.05) is 29.5 Å². The highest BCUT2D eigenvalue weighted by Crippen LogP contribution is 2.35. The lowest BCUT2D eigenvalue weighted by molar-refractivity contribution is 0.619. The molecule has 0 saturated carbocycles. The Bertz CT molecular complexity index is 593. The smallest absolute Gasteiger partial charge is 0.123 e. The van der Waals surface area contributed by atoms with E-state index in [-0.39, 0.29) is 11.9 Å². The van der Waals surface area contributed by atoms with Crippen molar-refractivity contribution >= 4 is 11.8 Å². The van der Waals surface area contributed by atoms with Gasteiger partial charge in [-0.3, -0.25) is 0 Å². The Morgan fingerprint density at radius 3 is 2.37 bits per heavy atom. The summed E-state index contributed by atoms with van der Waals surface area (Å²) in [4.78, 5) is 2.20. The van der Waals surface area contributed by atoms with Gasteiger partial charge in [-0.25, -0.2) is 4.39 Å². The fraction of sp³-hybridized carbons (Fsp3) is 0.250. The van der Waals surface area contributed by atoms with E-state index >= 15 is 0 Å². The first-order valence-corrected chi connectivity index (χ1v) is 7.09. The molecule has 0 aliphatic rings. The van der Waals surface area contributed by atoms with Crippen molar-refractivity contribution in [2.45, 2.75) is 36.6 Å². The van der Waals surface area contributed by atoms with E-state index in [0.29, 0.717) is 0 Å². The monoisotopic (exact) mass is 275 g/mol. The van der Waals surface area contributed by atoms with Gasteiger partial charge in [-0.15, -0.1) is 0 Å². The van der Waals surface area contributed by atoms with Crippen LogP contribution in [0.4, 0.5) is 4.39 Å². The minimum absolute atomic E-state index is 0.177. The van der Waals surface area contributed by atoms with Gasteiger partial charge in [-0.2, -0.15) is 0 Å². The van der Waals surface area contributed by atoms with Crippen LogP contribution in [0, 0.1) is 19.7 Å². The van der Waals surface area contributed by atoms with Gasteiger partial charge in [0.05, 0.1) is 0 Å². The molecule has 0 saturated heterocycles. The van der Waals surface area contributed by atoms with Crippen molar-refractivity contribution in [2.75, 3.05) is 0 Å². The first-order chi connectivity index (χ1) is 8.97. The number of hydrogen-bond acceptors (Lipinski definition) is 2. The molecule has 3 heteroatoms. The zero-order valence-corrected chi connectivity index (χ0v) is 12.2. The van der Waals surface area contributed by atoms with Crippen LogP contribution in [0.25, 0.3) is 0 Å². The van der Waals surface area contributed by atoms with E-state index in [1.807, 2.05) is 6.92 Å². The Labute approximate surface area is 118 Å². The minimum Gasteiger partial charge on any atom is -0.324 e. The van der Waals surface area contributed by atoms with Crippen LogP contribution in [0.15, 0.2) is 46.2 Å². The van der Waals surface area contributed by atoms with Crippen LogP contribution in [0.2, 0.25) is 0 Å². The summed E-state index contributed by atoms with van der Waals surface area (Å²) in [7, 11) is 0.